The van der Waals surface area contributed by atoms with E-state index in [-0.39, 0.29) is 6.04 Å². The van der Waals surface area contributed by atoms with Gasteiger partial charge < -0.3 is 15.3 Å². The lowest BCUT2D eigenvalue weighted by atomic mass is 10.0. The average molecular weight is 523 g/mol. The highest BCUT2D eigenvalue weighted by Crippen LogP contribution is 2.28. The Balaban J connectivity index is 1.89. The number of benzene rings is 2. The topological polar surface area (TPSA) is 102 Å². The highest BCUT2D eigenvalue weighted by Gasteiger charge is 2.20. The fraction of sp³-hybridized carbons (Fsp3) is 0.414. The molecular formula is C29H38N4O3S. The Morgan fingerprint density at radius 3 is 2.49 bits per heavy atom. The summed E-state index contributed by atoms with van der Waals surface area (Å²) in [4.78, 5) is 15.6. The zero-order valence-electron chi connectivity index (χ0n) is 21.9. The number of aliphatic imine (C=N–C) groups is 1. The third kappa shape index (κ3) is 8.18. The molecule has 3 N–H and O–H groups in total. The number of aliphatic hydroxyl groups is 3. The average Bonchev–Trinajstić information content (AvgIpc) is 2.91. The molecule has 198 valence electrons. The fourth-order valence-corrected chi connectivity index (χ4v) is 4.86. The Morgan fingerprint density at radius 2 is 1.81 bits per heavy atom. The van der Waals surface area contributed by atoms with Gasteiger partial charge in [-0.2, -0.15) is 0 Å². The molecule has 3 rings (SSSR count). The lowest BCUT2D eigenvalue weighted by Gasteiger charge is -2.29. The van der Waals surface area contributed by atoms with Crippen molar-refractivity contribution in [3.05, 3.63) is 70.9 Å². The van der Waals surface area contributed by atoms with E-state index in [1.807, 2.05) is 35.6 Å². The van der Waals surface area contributed by atoms with Crippen LogP contribution in [0.15, 0.2) is 59.1 Å². The number of hydrogen-bond acceptors (Lipinski definition) is 8. The van der Waals surface area contributed by atoms with Crippen molar-refractivity contribution >= 4 is 29.5 Å². The molecule has 0 aliphatic carbocycles. The Bertz CT molecular complexity index is 1180. The molecule has 0 aliphatic rings. The zero-order chi connectivity index (χ0) is 26.8. The van der Waals surface area contributed by atoms with Crippen LogP contribution in [0.1, 0.15) is 56.2 Å². The summed E-state index contributed by atoms with van der Waals surface area (Å²) in [6, 6.07) is 14.3. The summed E-state index contributed by atoms with van der Waals surface area (Å²) in [5.74, 6) is 0.805. The number of nitrogens with zero attached hydrogens (tertiary/aromatic N) is 4. The lowest BCUT2D eigenvalue weighted by Crippen LogP contribution is -2.34. The first-order valence-corrected chi connectivity index (χ1v) is 13.8. The first kappa shape index (κ1) is 28.9. The molecule has 2 unspecified atom stereocenters. The van der Waals surface area contributed by atoms with Gasteiger partial charge in [0.15, 0.2) is 6.29 Å². The van der Waals surface area contributed by atoms with Crippen LogP contribution in [0.5, 0.6) is 0 Å². The molecule has 0 bridgehead atoms. The van der Waals surface area contributed by atoms with Gasteiger partial charge in [-0.1, -0.05) is 37.3 Å². The van der Waals surface area contributed by atoms with Gasteiger partial charge in [0.1, 0.15) is 6.23 Å². The molecule has 0 radical (unpaired) electrons. The highest BCUT2D eigenvalue weighted by molar-refractivity contribution is 8.02. The monoisotopic (exact) mass is 522 g/mol. The Kier molecular flexibility index (Phi) is 11.2. The van der Waals surface area contributed by atoms with E-state index in [1.54, 1.807) is 18.0 Å². The first-order chi connectivity index (χ1) is 17.8. The van der Waals surface area contributed by atoms with E-state index in [0.29, 0.717) is 19.3 Å². The third-order valence-corrected chi connectivity index (χ3v) is 7.49. The van der Waals surface area contributed by atoms with Crippen molar-refractivity contribution in [3.63, 3.8) is 0 Å². The molecule has 3 aromatic rings. The van der Waals surface area contributed by atoms with Crippen LogP contribution in [0, 0.1) is 0 Å². The van der Waals surface area contributed by atoms with Gasteiger partial charge in [-0.25, -0.2) is 9.97 Å². The summed E-state index contributed by atoms with van der Waals surface area (Å²) in [6.07, 6.45) is 3.02. The number of rotatable bonds is 14. The van der Waals surface area contributed by atoms with Crippen molar-refractivity contribution in [2.45, 2.75) is 64.5 Å². The van der Waals surface area contributed by atoms with Crippen LogP contribution >= 0.6 is 11.8 Å². The van der Waals surface area contributed by atoms with Crippen LogP contribution in [0.2, 0.25) is 0 Å². The molecular weight excluding hydrogens is 484 g/mol. The lowest BCUT2D eigenvalue weighted by molar-refractivity contribution is -0.0465. The number of aryl methyl sites for hydroxylation is 2. The van der Waals surface area contributed by atoms with E-state index in [2.05, 4.69) is 49.8 Å². The van der Waals surface area contributed by atoms with Gasteiger partial charge in [-0.15, -0.1) is 11.8 Å². The van der Waals surface area contributed by atoms with Crippen LogP contribution in [0.25, 0.3) is 22.3 Å². The minimum Gasteiger partial charge on any atom is -0.374 e. The van der Waals surface area contributed by atoms with Crippen LogP contribution in [-0.4, -0.2) is 62.0 Å². The molecule has 2 aromatic carbocycles. The fourth-order valence-electron chi connectivity index (χ4n) is 4.07. The van der Waals surface area contributed by atoms with Crippen molar-refractivity contribution in [1.82, 2.24) is 14.9 Å². The minimum atomic E-state index is -1.29. The van der Waals surface area contributed by atoms with E-state index < -0.39 is 12.5 Å². The van der Waals surface area contributed by atoms with E-state index in [9.17, 15) is 15.3 Å². The molecule has 0 amide bonds. The number of unbranched alkanes of at least 4 members (excludes halogenated alkanes) is 1. The van der Waals surface area contributed by atoms with Gasteiger partial charge in [0.05, 0.1) is 22.4 Å². The molecule has 37 heavy (non-hydrogen) atoms. The number of aromatic nitrogens is 2. The molecule has 0 fully saturated rings. The Hall–Kier alpha value is -2.62. The summed E-state index contributed by atoms with van der Waals surface area (Å²) in [7, 11) is 1.91. The van der Waals surface area contributed by atoms with Gasteiger partial charge in [0, 0.05) is 23.6 Å². The quantitative estimate of drug-likeness (QED) is 0.154. The summed E-state index contributed by atoms with van der Waals surface area (Å²) < 4.78 is 0. The second-order valence-electron chi connectivity index (χ2n) is 9.23. The van der Waals surface area contributed by atoms with Crippen molar-refractivity contribution in [2.75, 3.05) is 12.8 Å². The zero-order valence-corrected chi connectivity index (χ0v) is 22.7. The molecule has 1 heterocycles. The van der Waals surface area contributed by atoms with Crippen molar-refractivity contribution in [1.29, 1.82) is 0 Å². The standard InChI is InChI=1S/C29H38N4O3S/c1-5-21-10-12-22(13-11-21)28-25(8-6-7-9-27(34)35)31-26-18-23(14-15-24(26)32-28)29(36)33(4)20(2)19-37-17-16-30-3/h10-18,20,27,29,34-36H,3,5-9,19H2,1-2,4H3/b17-16-. The predicted molar refractivity (Wildman–Crippen MR) is 153 cm³/mol. The highest BCUT2D eigenvalue weighted by atomic mass is 32.2. The number of fused-ring (bicyclic) bond motifs is 1. The summed E-state index contributed by atoms with van der Waals surface area (Å²) in [6.45, 7) is 7.64. The van der Waals surface area contributed by atoms with Crippen molar-refractivity contribution < 1.29 is 15.3 Å². The van der Waals surface area contributed by atoms with Gasteiger partial charge >= 0.3 is 0 Å². The molecule has 0 saturated carbocycles. The van der Waals surface area contributed by atoms with Gasteiger partial charge in [-0.3, -0.25) is 9.89 Å². The van der Waals surface area contributed by atoms with Crippen molar-refractivity contribution in [2.24, 2.45) is 4.99 Å². The maximum absolute atomic E-state index is 11.1. The van der Waals surface area contributed by atoms with Crippen LogP contribution in [-0.2, 0) is 12.8 Å². The second-order valence-corrected chi connectivity index (χ2v) is 10.2. The van der Waals surface area contributed by atoms with Crippen LogP contribution in [0.4, 0.5) is 0 Å². The molecule has 0 spiro atoms. The smallest absolute Gasteiger partial charge is 0.151 e. The summed E-state index contributed by atoms with van der Waals surface area (Å²) in [5.41, 5.74) is 6.26. The number of aliphatic hydroxyl groups excluding tert-OH is 2. The SMILES string of the molecule is C=N/C=C\SCC(C)N(C)C(O)c1ccc2nc(-c3ccc(CC)cc3)c(CCCCC(O)O)nc2c1. The number of hydrogen-bond donors (Lipinski definition) is 3. The van der Waals surface area contributed by atoms with E-state index >= 15 is 0 Å². The molecule has 0 saturated heterocycles. The Labute approximate surface area is 224 Å². The molecule has 0 aliphatic heterocycles. The van der Waals surface area contributed by atoms with Crippen molar-refractivity contribution in [3.8, 4) is 11.3 Å². The van der Waals surface area contributed by atoms with Crippen LogP contribution < -0.4 is 0 Å². The van der Waals surface area contributed by atoms with E-state index in [0.717, 1.165) is 52.1 Å². The predicted octanol–water partition coefficient (Wildman–Crippen LogP) is 5.10. The second kappa shape index (κ2) is 14.4. The van der Waals surface area contributed by atoms with Gasteiger partial charge in [0.2, 0.25) is 0 Å². The summed E-state index contributed by atoms with van der Waals surface area (Å²) >= 11 is 1.62. The molecule has 1 aromatic heterocycles. The Morgan fingerprint density at radius 1 is 1.05 bits per heavy atom. The molecule has 2 atom stereocenters. The van der Waals surface area contributed by atoms with E-state index in [1.165, 1.54) is 5.56 Å². The minimum absolute atomic E-state index is 0.127. The molecule has 8 heteroatoms. The van der Waals surface area contributed by atoms with E-state index in [4.69, 9.17) is 9.97 Å². The molecule has 7 nitrogen and oxygen atoms in total. The number of thioether (sulfide) groups is 1. The van der Waals surface area contributed by atoms with Gasteiger partial charge in [0.25, 0.3) is 0 Å². The normalized spacial score (nSPS) is 13.6. The van der Waals surface area contributed by atoms with Crippen LogP contribution in [0.3, 0.4) is 0 Å². The first-order valence-electron chi connectivity index (χ1n) is 12.7. The largest absolute Gasteiger partial charge is 0.374 e. The van der Waals surface area contributed by atoms with Gasteiger partial charge in [-0.05, 0) is 81.5 Å². The maximum Gasteiger partial charge on any atom is 0.151 e. The third-order valence-electron chi connectivity index (χ3n) is 6.50. The maximum atomic E-state index is 11.1. The summed E-state index contributed by atoms with van der Waals surface area (Å²) in [5, 5.41) is 31.4.